The third-order valence-corrected chi connectivity index (χ3v) is 4.05. The van der Waals surface area contributed by atoms with Crippen LogP contribution in [-0.2, 0) is 0 Å². The van der Waals surface area contributed by atoms with E-state index >= 15 is 0 Å². The van der Waals surface area contributed by atoms with Gasteiger partial charge in [-0.15, -0.1) is 22.7 Å². The van der Waals surface area contributed by atoms with Crippen molar-refractivity contribution in [1.82, 2.24) is 4.98 Å². The molecule has 0 atom stereocenters. The first-order chi connectivity index (χ1) is 5.36. The van der Waals surface area contributed by atoms with Crippen LogP contribution in [0.5, 0.6) is 0 Å². The van der Waals surface area contributed by atoms with Crippen molar-refractivity contribution in [2.45, 2.75) is 0 Å². The molecular weight excluding hydrogens is 289 g/mol. The van der Waals surface area contributed by atoms with Crippen molar-refractivity contribution < 1.29 is 0 Å². The average molecular weight is 293 g/mol. The number of thiophene rings is 1. The SMILES string of the molecule is Ic1ccc(-c2nccs2)s1. The normalized spacial score (nSPS) is 10.3. The minimum atomic E-state index is 1.12. The number of nitrogens with zero attached hydrogens (tertiary/aromatic N) is 1. The van der Waals surface area contributed by atoms with Crippen molar-refractivity contribution in [1.29, 1.82) is 0 Å². The Morgan fingerprint density at radius 3 is 2.82 bits per heavy atom. The van der Waals surface area contributed by atoms with Gasteiger partial charge in [-0.3, -0.25) is 0 Å². The van der Waals surface area contributed by atoms with E-state index in [1.165, 1.54) is 7.76 Å². The summed E-state index contributed by atoms with van der Waals surface area (Å²) in [6, 6.07) is 4.23. The summed E-state index contributed by atoms with van der Waals surface area (Å²) in [5.41, 5.74) is 0. The number of thiazole rings is 1. The maximum absolute atomic E-state index is 4.23. The van der Waals surface area contributed by atoms with Crippen LogP contribution in [0.2, 0.25) is 0 Å². The fourth-order valence-electron chi connectivity index (χ4n) is 0.774. The van der Waals surface area contributed by atoms with Gasteiger partial charge in [0.2, 0.25) is 0 Å². The van der Waals surface area contributed by atoms with E-state index in [1.54, 1.807) is 22.7 Å². The summed E-state index contributed by atoms with van der Waals surface area (Å²) >= 11 is 5.79. The number of hydrogen-bond donors (Lipinski definition) is 0. The molecule has 0 aliphatic carbocycles. The first kappa shape index (κ1) is 7.70. The van der Waals surface area contributed by atoms with Crippen molar-refractivity contribution in [3.8, 4) is 9.88 Å². The van der Waals surface area contributed by atoms with Crippen LogP contribution >= 0.6 is 45.3 Å². The molecule has 0 saturated heterocycles. The molecule has 0 aliphatic rings. The molecule has 0 aliphatic heterocycles. The van der Waals surface area contributed by atoms with Crippen molar-refractivity contribution in [2.75, 3.05) is 0 Å². The van der Waals surface area contributed by atoms with Gasteiger partial charge in [-0.2, -0.15) is 0 Å². The Labute approximate surface area is 86.3 Å². The zero-order valence-corrected chi connectivity index (χ0v) is 9.24. The van der Waals surface area contributed by atoms with E-state index in [4.69, 9.17) is 0 Å². The molecule has 0 bridgehead atoms. The maximum atomic E-state index is 4.23. The molecule has 4 heteroatoms. The Morgan fingerprint density at radius 2 is 2.27 bits per heavy atom. The summed E-state index contributed by atoms with van der Waals surface area (Å²) in [4.78, 5) is 5.49. The van der Waals surface area contributed by atoms with E-state index in [0.717, 1.165) is 5.01 Å². The standard InChI is InChI=1S/C7H4INS2/c8-6-2-1-5(11-6)7-9-3-4-10-7/h1-4H. The van der Waals surface area contributed by atoms with Gasteiger partial charge in [0.05, 0.1) is 7.76 Å². The van der Waals surface area contributed by atoms with Gasteiger partial charge in [0.15, 0.2) is 0 Å². The summed E-state index contributed by atoms with van der Waals surface area (Å²) in [6.45, 7) is 0. The molecule has 2 aromatic rings. The van der Waals surface area contributed by atoms with Gasteiger partial charge < -0.3 is 0 Å². The second-order valence-corrected chi connectivity index (χ2v) is 5.81. The second-order valence-electron chi connectivity index (χ2n) is 1.94. The highest BCUT2D eigenvalue weighted by molar-refractivity contribution is 14.1. The van der Waals surface area contributed by atoms with Crippen LogP contribution in [0.3, 0.4) is 0 Å². The number of hydrogen-bond acceptors (Lipinski definition) is 3. The molecule has 56 valence electrons. The molecule has 0 aromatic carbocycles. The van der Waals surface area contributed by atoms with Crippen LogP contribution in [0, 0.1) is 2.88 Å². The van der Waals surface area contributed by atoms with Crippen molar-refractivity contribution in [3.63, 3.8) is 0 Å². The van der Waals surface area contributed by atoms with Crippen molar-refractivity contribution in [3.05, 3.63) is 26.6 Å². The molecule has 0 fully saturated rings. The van der Waals surface area contributed by atoms with Crippen LogP contribution in [-0.4, -0.2) is 4.98 Å². The van der Waals surface area contributed by atoms with Gasteiger partial charge in [0.1, 0.15) is 5.01 Å². The smallest absolute Gasteiger partial charge is 0.133 e. The lowest BCUT2D eigenvalue weighted by Crippen LogP contribution is -1.63. The van der Waals surface area contributed by atoms with Gasteiger partial charge >= 0.3 is 0 Å². The average Bonchev–Trinajstić information content (AvgIpc) is 2.55. The molecule has 2 rings (SSSR count). The third-order valence-electron chi connectivity index (χ3n) is 1.22. The first-order valence-electron chi connectivity index (χ1n) is 3.01. The Kier molecular flexibility index (Phi) is 2.24. The van der Waals surface area contributed by atoms with Gasteiger partial charge in [-0.1, -0.05) is 0 Å². The number of aromatic nitrogens is 1. The largest absolute Gasteiger partial charge is 0.244 e. The van der Waals surface area contributed by atoms with Gasteiger partial charge in [0, 0.05) is 11.6 Å². The molecule has 0 radical (unpaired) electrons. The molecule has 2 aromatic heterocycles. The molecule has 0 N–H and O–H groups in total. The van der Waals surface area contributed by atoms with Crippen LogP contribution in [0.1, 0.15) is 0 Å². The Balaban J connectivity index is 2.45. The van der Waals surface area contributed by atoms with Crippen LogP contribution in [0.4, 0.5) is 0 Å². The van der Waals surface area contributed by atoms with E-state index in [1.807, 2.05) is 11.6 Å². The fraction of sp³-hybridized carbons (Fsp3) is 0. The lowest BCUT2D eigenvalue weighted by atomic mass is 10.5. The molecule has 11 heavy (non-hydrogen) atoms. The predicted octanol–water partition coefficient (Wildman–Crippen LogP) is 3.48. The van der Waals surface area contributed by atoms with Gasteiger partial charge in [-0.05, 0) is 34.7 Å². The van der Waals surface area contributed by atoms with E-state index in [9.17, 15) is 0 Å². The molecular formula is C7H4INS2. The Morgan fingerprint density at radius 1 is 1.36 bits per heavy atom. The predicted molar refractivity (Wildman–Crippen MR) is 58.1 cm³/mol. The van der Waals surface area contributed by atoms with Crippen LogP contribution < -0.4 is 0 Å². The first-order valence-corrected chi connectivity index (χ1v) is 5.79. The molecule has 0 spiro atoms. The summed E-state index contributed by atoms with van der Waals surface area (Å²) < 4.78 is 1.31. The fourth-order valence-corrected chi connectivity index (χ4v) is 3.11. The highest BCUT2D eigenvalue weighted by atomic mass is 127. The van der Waals surface area contributed by atoms with E-state index in [2.05, 4.69) is 39.7 Å². The summed E-state index contributed by atoms with van der Waals surface area (Å²) in [7, 11) is 0. The molecule has 1 nitrogen and oxygen atoms in total. The topological polar surface area (TPSA) is 12.9 Å². The Hall–Kier alpha value is 0.0600. The quantitative estimate of drug-likeness (QED) is 0.734. The zero-order valence-electron chi connectivity index (χ0n) is 5.45. The highest BCUT2D eigenvalue weighted by Crippen LogP contribution is 2.29. The maximum Gasteiger partial charge on any atom is 0.133 e. The van der Waals surface area contributed by atoms with E-state index < -0.39 is 0 Å². The molecule has 0 amide bonds. The lowest BCUT2D eigenvalue weighted by Gasteiger charge is -1.84. The zero-order chi connectivity index (χ0) is 7.68. The minimum absolute atomic E-state index is 1.12. The summed E-state index contributed by atoms with van der Waals surface area (Å²) in [5, 5.41) is 3.12. The van der Waals surface area contributed by atoms with Crippen molar-refractivity contribution >= 4 is 45.3 Å². The summed E-state index contributed by atoms with van der Waals surface area (Å²) in [5.74, 6) is 0. The summed E-state index contributed by atoms with van der Waals surface area (Å²) in [6.07, 6.45) is 1.84. The van der Waals surface area contributed by atoms with Gasteiger partial charge in [0.25, 0.3) is 0 Å². The van der Waals surface area contributed by atoms with Gasteiger partial charge in [-0.25, -0.2) is 4.98 Å². The number of rotatable bonds is 1. The lowest BCUT2D eigenvalue weighted by molar-refractivity contribution is 1.43. The van der Waals surface area contributed by atoms with Crippen molar-refractivity contribution in [2.24, 2.45) is 0 Å². The Bertz CT molecular complexity index is 339. The molecule has 0 saturated carbocycles. The monoisotopic (exact) mass is 293 g/mol. The second kappa shape index (κ2) is 3.20. The molecule has 0 unspecified atom stereocenters. The highest BCUT2D eigenvalue weighted by Gasteiger charge is 2.01. The minimum Gasteiger partial charge on any atom is -0.244 e. The van der Waals surface area contributed by atoms with E-state index in [-0.39, 0.29) is 0 Å². The van der Waals surface area contributed by atoms with Crippen LogP contribution in [0.15, 0.2) is 23.7 Å². The van der Waals surface area contributed by atoms with E-state index in [0.29, 0.717) is 0 Å². The number of halogens is 1. The van der Waals surface area contributed by atoms with Crippen LogP contribution in [0.25, 0.3) is 9.88 Å². The third kappa shape index (κ3) is 1.62. The molecule has 2 heterocycles.